The number of methoxy groups -OCH3 is 1. The normalized spacial score (nSPS) is 11.5. The quantitative estimate of drug-likeness (QED) is 0.609. The fourth-order valence-corrected chi connectivity index (χ4v) is 1.73. The molecule has 0 fully saturated rings. The summed E-state index contributed by atoms with van der Waals surface area (Å²) in [6, 6.07) is 0. The van der Waals surface area contributed by atoms with Crippen LogP contribution in [0.3, 0.4) is 0 Å². The Morgan fingerprint density at radius 1 is 1.47 bits per heavy atom. The van der Waals surface area contributed by atoms with Gasteiger partial charge in [-0.2, -0.15) is 17.6 Å². The number of carbonyl (C=O) groups excluding carboxylic acids is 1. The number of alkyl halides is 3. The van der Waals surface area contributed by atoms with Gasteiger partial charge in [-0.1, -0.05) is 11.3 Å². The first kappa shape index (κ1) is 11.8. The molecule has 0 aliphatic rings. The van der Waals surface area contributed by atoms with E-state index in [0.717, 1.165) is 7.11 Å². The predicted octanol–water partition coefficient (Wildman–Crippen LogP) is 2.40. The van der Waals surface area contributed by atoms with E-state index in [0.29, 0.717) is 0 Å². The van der Waals surface area contributed by atoms with Gasteiger partial charge >= 0.3 is 12.1 Å². The van der Waals surface area contributed by atoms with Crippen molar-refractivity contribution in [3.05, 3.63) is 15.6 Å². The molecule has 1 aromatic heterocycles. The molecule has 0 spiro atoms. The van der Waals surface area contributed by atoms with Crippen molar-refractivity contribution in [1.29, 1.82) is 0 Å². The number of rotatable bonds is 1. The second kappa shape index (κ2) is 3.69. The Morgan fingerprint density at radius 2 is 2.00 bits per heavy atom. The molecule has 1 heterocycles. The Bertz CT molecular complexity index is 396. The van der Waals surface area contributed by atoms with Crippen molar-refractivity contribution >= 4 is 17.3 Å². The summed E-state index contributed by atoms with van der Waals surface area (Å²) in [6.07, 6.45) is -5.04. The molecular formula is C7H4F4O3S. The number of aromatic hydroxyl groups is 1. The van der Waals surface area contributed by atoms with Crippen LogP contribution in [0, 0.1) is 5.13 Å². The topological polar surface area (TPSA) is 46.5 Å². The molecule has 1 aromatic rings. The summed E-state index contributed by atoms with van der Waals surface area (Å²) in [4.78, 5) is 10.0. The van der Waals surface area contributed by atoms with Crippen molar-refractivity contribution in [2.75, 3.05) is 7.11 Å². The van der Waals surface area contributed by atoms with Crippen LogP contribution >= 0.6 is 11.3 Å². The van der Waals surface area contributed by atoms with Crippen molar-refractivity contribution < 1.29 is 32.2 Å². The maximum absolute atomic E-state index is 12.8. The van der Waals surface area contributed by atoms with Crippen molar-refractivity contribution in [3.63, 3.8) is 0 Å². The molecule has 0 atom stereocenters. The van der Waals surface area contributed by atoms with Crippen molar-refractivity contribution in [1.82, 2.24) is 0 Å². The minimum absolute atomic E-state index is 0.111. The standard InChI is InChI=1S/C7H4F4O3S/c1-14-6(13)4-3(12)2(5(8)15-4)7(9,10)11/h12H,1H3. The molecule has 15 heavy (non-hydrogen) atoms. The van der Waals surface area contributed by atoms with Gasteiger partial charge in [-0.05, 0) is 0 Å². The highest BCUT2D eigenvalue weighted by Crippen LogP contribution is 2.43. The summed E-state index contributed by atoms with van der Waals surface area (Å²) in [5, 5.41) is 7.33. The molecule has 0 aliphatic carbocycles. The molecular weight excluding hydrogens is 240 g/mol. The van der Waals surface area contributed by atoms with Crippen molar-refractivity contribution in [2.24, 2.45) is 0 Å². The highest BCUT2D eigenvalue weighted by Gasteiger charge is 2.41. The third kappa shape index (κ3) is 2.04. The van der Waals surface area contributed by atoms with Gasteiger partial charge in [0.2, 0.25) is 0 Å². The third-order valence-corrected chi connectivity index (χ3v) is 2.44. The van der Waals surface area contributed by atoms with Gasteiger partial charge in [0.05, 0.1) is 7.11 Å². The minimum atomic E-state index is -5.04. The number of carbonyl (C=O) groups is 1. The average molecular weight is 244 g/mol. The van der Waals surface area contributed by atoms with Crippen LogP contribution in [0.5, 0.6) is 5.75 Å². The van der Waals surface area contributed by atoms with Gasteiger partial charge in [-0.25, -0.2) is 4.79 Å². The number of ether oxygens (including phenoxy) is 1. The third-order valence-electron chi connectivity index (χ3n) is 1.49. The second-order valence-electron chi connectivity index (χ2n) is 2.42. The lowest BCUT2D eigenvalue weighted by Gasteiger charge is -2.04. The first-order chi connectivity index (χ1) is 6.79. The van der Waals surface area contributed by atoms with Crippen LogP contribution in [0.25, 0.3) is 0 Å². The van der Waals surface area contributed by atoms with E-state index in [1.54, 1.807) is 0 Å². The van der Waals surface area contributed by atoms with Crippen LogP contribution in [-0.4, -0.2) is 18.2 Å². The molecule has 1 N–H and O–H groups in total. The highest BCUT2D eigenvalue weighted by molar-refractivity contribution is 7.12. The fraction of sp³-hybridized carbons (Fsp3) is 0.286. The van der Waals surface area contributed by atoms with Gasteiger partial charge in [0.1, 0.15) is 5.56 Å². The lowest BCUT2D eigenvalue weighted by atomic mass is 10.2. The smallest absolute Gasteiger partial charge is 0.423 e. The Balaban J connectivity index is 3.33. The predicted molar refractivity (Wildman–Crippen MR) is 42.3 cm³/mol. The Hall–Kier alpha value is -1.31. The van der Waals surface area contributed by atoms with Crippen LogP contribution in [-0.2, 0) is 10.9 Å². The maximum Gasteiger partial charge on any atom is 0.423 e. The van der Waals surface area contributed by atoms with Gasteiger partial charge in [-0.3, -0.25) is 0 Å². The zero-order chi connectivity index (χ0) is 11.8. The van der Waals surface area contributed by atoms with E-state index < -0.39 is 33.5 Å². The molecule has 0 amide bonds. The van der Waals surface area contributed by atoms with E-state index in [2.05, 4.69) is 4.74 Å². The molecule has 8 heteroatoms. The molecule has 0 saturated carbocycles. The summed E-state index contributed by atoms with van der Waals surface area (Å²) >= 11 is -0.111. The fourth-order valence-electron chi connectivity index (χ4n) is 0.872. The Kier molecular flexibility index (Phi) is 2.89. The summed E-state index contributed by atoms with van der Waals surface area (Å²) in [7, 11) is 0.909. The number of hydrogen-bond acceptors (Lipinski definition) is 4. The largest absolute Gasteiger partial charge is 0.505 e. The van der Waals surface area contributed by atoms with Crippen LogP contribution in [0.1, 0.15) is 15.2 Å². The minimum Gasteiger partial charge on any atom is -0.505 e. The molecule has 0 bridgehead atoms. The van der Waals surface area contributed by atoms with Crippen molar-refractivity contribution in [2.45, 2.75) is 6.18 Å². The van der Waals surface area contributed by atoms with Gasteiger partial charge in [-0.15, -0.1) is 0 Å². The molecule has 0 radical (unpaired) electrons. The SMILES string of the molecule is COC(=O)c1sc(F)c(C(F)(F)F)c1O. The summed E-state index contributed by atoms with van der Waals surface area (Å²) < 4.78 is 53.3. The molecule has 84 valence electrons. The van der Waals surface area contributed by atoms with E-state index in [-0.39, 0.29) is 11.3 Å². The first-order valence-electron chi connectivity index (χ1n) is 3.45. The zero-order valence-electron chi connectivity index (χ0n) is 7.18. The molecule has 1 rings (SSSR count). The molecule has 3 nitrogen and oxygen atoms in total. The first-order valence-corrected chi connectivity index (χ1v) is 4.27. The average Bonchev–Trinajstić information content (AvgIpc) is 2.39. The monoisotopic (exact) mass is 244 g/mol. The second-order valence-corrected chi connectivity index (χ2v) is 3.39. The number of hydrogen-bond donors (Lipinski definition) is 1. The highest BCUT2D eigenvalue weighted by atomic mass is 32.1. The van der Waals surface area contributed by atoms with E-state index in [9.17, 15) is 22.4 Å². The molecule has 0 saturated heterocycles. The van der Waals surface area contributed by atoms with Crippen LogP contribution in [0.15, 0.2) is 0 Å². The zero-order valence-corrected chi connectivity index (χ0v) is 8.00. The summed E-state index contributed by atoms with van der Waals surface area (Å²) in [6.45, 7) is 0. The van der Waals surface area contributed by atoms with Gasteiger partial charge < -0.3 is 9.84 Å². The van der Waals surface area contributed by atoms with Crippen LogP contribution in [0.2, 0.25) is 0 Å². The van der Waals surface area contributed by atoms with Crippen molar-refractivity contribution in [3.8, 4) is 5.75 Å². The van der Waals surface area contributed by atoms with E-state index in [1.165, 1.54) is 0 Å². The van der Waals surface area contributed by atoms with E-state index >= 15 is 0 Å². The van der Waals surface area contributed by atoms with Gasteiger partial charge in [0.15, 0.2) is 15.8 Å². The Labute approximate surface area is 84.9 Å². The Morgan fingerprint density at radius 3 is 2.33 bits per heavy atom. The molecule has 0 aromatic carbocycles. The lowest BCUT2D eigenvalue weighted by molar-refractivity contribution is -0.140. The number of thiophene rings is 1. The van der Waals surface area contributed by atoms with E-state index in [1.807, 2.05) is 0 Å². The van der Waals surface area contributed by atoms with Crippen LogP contribution < -0.4 is 0 Å². The maximum atomic E-state index is 12.8. The number of halogens is 4. The van der Waals surface area contributed by atoms with Gasteiger partial charge in [0, 0.05) is 0 Å². The molecule has 0 aliphatic heterocycles. The van der Waals surface area contributed by atoms with E-state index in [4.69, 9.17) is 5.11 Å². The summed E-state index contributed by atoms with van der Waals surface area (Å²) in [5.74, 6) is -2.65. The molecule has 0 unspecified atom stereocenters. The van der Waals surface area contributed by atoms with Crippen LogP contribution in [0.4, 0.5) is 17.6 Å². The summed E-state index contributed by atoms with van der Waals surface area (Å²) in [5.41, 5.74) is -1.84. The van der Waals surface area contributed by atoms with Gasteiger partial charge in [0.25, 0.3) is 0 Å². The number of esters is 1. The lowest BCUT2D eigenvalue weighted by Crippen LogP contribution is -2.06.